The van der Waals surface area contributed by atoms with Gasteiger partial charge in [-0.25, -0.2) is 0 Å². The first-order valence-electron chi connectivity index (χ1n) is 9.67. The monoisotopic (exact) mass is 352 g/mol. The van der Waals surface area contributed by atoms with E-state index in [0.29, 0.717) is 24.8 Å². The maximum atomic E-state index is 12.9. The van der Waals surface area contributed by atoms with E-state index in [2.05, 4.69) is 15.2 Å². The van der Waals surface area contributed by atoms with Gasteiger partial charge in [-0.1, -0.05) is 6.42 Å². The molecule has 3 fully saturated rings. The summed E-state index contributed by atoms with van der Waals surface area (Å²) < 4.78 is 6.09. The van der Waals surface area contributed by atoms with Crippen molar-refractivity contribution in [1.29, 1.82) is 0 Å². The number of hydrogen-bond acceptors (Lipinski definition) is 5. The number of fused-ring (bicyclic) bond motifs is 1. The van der Waals surface area contributed by atoms with Gasteiger partial charge in [-0.2, -0.15) is 0 Å². The Labute approximate surface area is 153 Å². The van der Waals surface area contributed by atoms with Crippen LogP contribution in [0.2, 0.25) is 0 Å². The van der Waals surface area contributed by atoms with Gasteiger partial charge in [0.25, 0.3) is 0 Å². The van der Waals surface area contributed by atoms with Gasteiger partial charge in [0.15, 0.2) is 0 Å². The number of hydrogen-bond donors (Lipinski definition) is 0. The van der Waals surface area contributed by atoms with Crippen LogP contribution in [0.3, 0.4) is 0 Å². The molecule has 0 bridgehead atoms. The number of nitrogens with zero attached hydrogens (tertiary/aromatic N) is 4. The minimum atomic E-state index is -0.122. The summed E-state index contributed by atoms with van der Waals surface area (Å²) in [4.78, 5) is 19.1. The van der Waals surface area contributed by atoms with E-state index in [4.69, 9.17) is 4.42 Å². The van der Waals surface area contributed by atoms with Crippen LogP contribution < -0.4 is 0 Å². The Morgan fingerprint density at radius 1 is 1.35 bits per heavy atom. The molecule has 6 nitrogen and oxygen atoms in total. The molecule has 0 spiro atoms. The van der Waals surface area contributed by atoms with Crippen molar-refractivity contribution in [3.63, 3.8) is 0 Å². The number of carbonyl (C=O) groups is 1. The molecule has 1 aliphatic heterocycles. The third kappa shape index (κ3) is 2.54. The lowest BCUT2D eigenvalue weighted by atomic mass is 9.80. The predicted octanol–water partition coefficient (Wildman–Crippen LogP) is 2.77. The molecule has 3 aliphatic rings. The van der Waals surface area contributed by atoms with Crippen molar-refractivity contribution in [2.75, 3.05) is 13.1 Å². The van der Waals surface area contributed by atoms with E-state index in [-0.39, 0.29) is 11.3 Å². The molecule has 2 aromatic heterocycles. The fourth-order valence-electron chi connectivity index (χ4n) is 4.74. The summed E-state index contributed by atoms with van der Waals surface area (Å²) in [5.41, 5.74) is 2.01. The molecule has 3 heterocycles. The van der Waals surface area contributed by atoms with Gasteiger partial charge >= 0.3 is 0 Å². The first kappa shape index (κ1) is 16.0. The molecule has 1 saturated heterocycles. The first-order valence-corrected chi connectivity index (χ1v) is 9.67. The Kier molecular flexibility index (Phi) is 3.62. The summed E-state index contributed by atoms with van der Waals surface area (Å²) in [7, 11) is 0. The van der Waals surface area contributed by atoms with Gasteiger partial charge in [0.2, 0.25) is 17.7 Å². The van der Waals surface area contributed by atoms with Crippen LogP contribution in [0.4, 0.5) is 0 Å². The van der Waals surface area contributed by atoms with E-state index in [0.717, 1.165) is 55.1 Å². The average molecular weight is 352 g/mol. The quantitative estimate of drug-likeness (QED) is 0.846. The molecule has 2 atom stereocenters. The lowest BCUT2D eigenvalue weighted by Gasteiger charge is -2.24. The molecule has 5 rings (SSSR count). The van der Waals surface area contributed by atoms with E-state index < -0.39 is 0 Å². The molecule has 1 amide bonds. The lowest BCUT2D eigenvalue weighted by Crippen LogP contribution is -2.35. The normalized spacial score (nSPS) is 27.7. The van der Waals surface area contributed by atoms with Crippen LogP contribution in [0, 0.1) is 12.8 Å². The minimum absolute atomic E-state index is 0.122. The highest BCUT2D eigenvalue weighted by Gasteiger charge is 2.55. The van der Waals surface area contributed by atoms with E-state index in [1.807, 2.05) is 24.1 Å². The largest absolute Gasteiger partial charge is 0.424 e. The van der Waals surface area contributed by atoms with Gasteiger partial charge in [-0.3, -0.25) is 9.78 Å². The SMILES string of the molecule is Cc1cnccc1CC(=O)N1C[C@@H]2CCC[C@]2(c2nnc(C3CC3)o2)C1. The fourth-order valence-corrected chi connectivity index (χ4v) is 4.74. The van der Waals surface area contributed by atoms with Crippen molar-refractivity contribution < 1.29 is 9.21 Å². The summed E-state index contributed by atoms with van der Waals surface area (Å²) in [6, 6.07) is 1.94. The second-order valence-electron chi connectivity index (χ2n) is 8.22. The molecule has 2 aliphatic carbocycles. The number of pyridine rings is 1. The second kappa shape index (κ2) is 5.89. The standard InChI is InChI=1S/C20H24N4O2/c1-13-10-21-8-6-15(13)9-17(25)24-11-16-3-2-7-20(16,12-24)19-23-22-18(26-19)14-4-5-14/h6,8,10,14,16H,2-5,7,9,11-12H2,1H3/t16-,20-/m0/s1. The maximum Gasteiger partial charge on any atom is 0.227 e. The van der Waals surface area contributed by atoms with Crippen molar-refractivity contribution in [3.05, 3.63) is 41.4 Å². The Morgan fingerprint density at radius 3 is 3.04 bits per heavy atom. The van der Waals surface area contributed by atoms with E-state index in [1.54, 1.807) is 6.20 Å². The number of aryl methyl sites for hydroxylation is 1. The molecule has 0 aromatic carbocycles. The van der Waals surface area contributed by atoms with Crippen LogP contribution in [0.5, 0.6) is 0 Å². The van der Waals surface area contributed by atoms with Crippen molar-refractivity contribution in [1.82, 2.24) is 20.1 Å². The fraction of sp³-hybridized carbons (Fsp3) is 0.600. The lowest BCUT2D eigenvalue weighted by molar-refractivity contribution is -0.129. The van der Waals surface area contributed by atoms with Crippen LogP contribution in [-0.4, -0.2) is 39.1 Å². The van der Waals surface area contributed by atoms with Gasteiger partial charge in [0, 0.05) is 31.4 Å². The van der Waals surface area contributed by atoms with Gasteiger partial charge in [-0.15, -0.1) is 10.2 Å². The zero-order valence-corrected chi connectivity index (χ0v) is 15.1. The molecular formula is C20H24N4O2. The van der Waals surface area contributed by atoms with Crippen molar-refractivity contribution in [2.45, 2.75) is 56.8 Å². The van der Waals surface area contributed by atoms with Crippen LogP contribution >= 0.6 is 0 Å². The minimum Gasteiger partial charge on any atom is -0.424 e. The van der Waals surface area contributed by atoms with E-state index >= 15 is 0 Å². The molecule has 136 valence electrons. The van der Waals surface area contributed by atoms with E-state index in [9.17, 15) is 4.79 Å². The van der Waals surface area contributed by atoms with E-state index in [1.165, 1.54) is 6.42 Å². The van der Waals surface area contributed by atoms with Crippen LogP contribution in [0.1, 0.15) is 60.9 Å². The molecular weight excluding hydrogens is 328 g/mol. The highest BCUT2D eigenvalue weighted by molar-refractivity contribution is 5.79. The summed E-state index contributed by atoms with van der Waals surface area (Å²) in [6.45, 7) is 3.53. The summed E-state index contributed by atoms with van der Waals surface area (Å²) >= 11 is 0. The number of carbonyl (C=O) groups excluding carboxylic acids is 1. The highest BCUT2D eigenvalue weighted by Crippen LogP contribution is 2.51. The summed E-state index contributed by atoms with van der Waals surface area (Å²) in [6.07, 6.45) is 9.70. The highest BCUT2D eigenvalue weighted by atomic mass is 16.4. The van der Waals surface area contributed by atoms with Gasteiger partial charge < -0.3 is 9.32 Å². The first-order chi connectivity index (χ1) is 12.7. The summed E-state index contributed by atoms with van der Waals surface area (Å²) in [5.74, 6) is 2.68. The van der Waals surface area contributed by atoms with Crippen LogP contribution in [0.25, 0.3) is 0 Å². The number of amides is 1. The van der Waals surface area contributed by atoms with Gasteiger partial charge in [0.1, 0.15) is 0 Å². The molecule has 0 radical (unpaired) electrons. The zero-order chi connectivity index (χ0) is 17.7. The Morgan fingerprint density at radius 2 is 2.23 bits per heavy atom. The molecule has 0 N–H and O–H groups in total. The molecule has 6 heteroatoms. The maximum absolute atomic E-state index is 12.9. The van der Waals surface area contributed by atoms with Crippen LogP contribution in [-0.2, 0) is 16.6 Å². The zero-order valence-electron chi connectivity index (χ0n) is 15.1. The second-order valence-corrected chi connectivity index (χ2v) is 8.22. The third-order valence-electron chi connectivity index (χ3n) is 6.49. The van der Waals surface area contributed by atoms with Crippen molar-refractivity contribution in [2.24, 2.45) is 5.92 Å². The third-order valence-corrected chi connectivity index (χ3v) is 6.49. The van der Waals surface area contributed by atoms with Crippen molar-refractivity contribution in [3.8, 4) is 0 Å². The average Bonchev–Trinajstić information content (AvgIpc) is 3.06. The molecule has 26 heavy (non-hydrogen) atoms. The molecule has 0 unspecified atom stereocenters. The molecule has 2 aromatic rings. The van der Waals surface area contributed by atoms with Crippen LogP contribution in [0.15, 0.2) is 22.9 Å². The van der Waals surface area contributed by atoms with Crippen molar-refractivity contribution >= 4 is 5.91 Å². The summed E-state index contributed by atoms with van der Waals surface area (Å²) in [5, 5.41) is 8.72. The number of rotatable bonds is 4. The number of aromatic nitrogens is 3. The predicted molar refractivity (Wildman–Crippen MR) is 94.6 cm³/mol. The topological polar surface area (TPSA) is 72.1 Å². The van der Waals surface area contributed by atoms with Gasteiger partial charge in [0.05, 0.1) is 11.8 Å². The Bertz CT molecular complexity index is 844. The molecule has 2 saturated carbocycles. The smallest absolute Gasteiger partial charge is 0.227 e. The number of likely N-dealkylation sites (tertiary alicyclic amines) is 1. The van der Waals surface area contributed by atoms with Gasteiger partial charge in [-0.05, 0) is 55.7 Å². The Balaban J connectivity index is 1.36. The Hall–Kier alpha value is -2.24.